The van der Waals surface area contributed by atoms with E-state index < -0.39 is 16.9 Å². The maximum Gasteiger partial charge on any atom is 0.333 e. The molecule has 1 aromatic heterocycles. The van der Waals surface area contributed by atoms with Crippen LogP contribution in [-0.4, -0.2) is 34.4 Å². The predicted molar refractivity (Wildman–Crippen MR) is 169 cm³/mol. The van der Waals surface area contributed by atoms with Gasteiger partial charge in [0.15, 0.2) is 0 Å². The smallest absolute Gasteiger partial charge is 0.333 e. The second-order valence-electron chi connectivity index (χ2n) is 10.1. The van der Waals surface area contributed by atoms with Gasteiger partial charge in [-0.2, -0.15) is 0 Å². The molecule has 0 aliphatic rings. The number of hydrogen-bond acceptors (Lipinski definition) is 6. The molecule has 5 rings (SSSR count). The van der Waals surface area contributed by atoms with Crippen molar-refractivity contribution in [1.82, 2.24) is 4.57 Å². The molecule has 1 N–H and O–H groups in total. The molecule has 4 aromatic carbocycles. The maximum atomic E-state index is 14.0. The molecule has 11 heteroatoms. The van der Waals surface area contributed by atoms with Gasteiger partial charge >= 0.3 is 6.03 Å². The largest absolute Gasteiger partial charge is 0.497 e. The second-order valence-corrected chi connectivity index (χ2v) is 10.5. The Hall–Kier alpha value is -5.48. The standard InChI is InChI=1S/C33H27ClN4O6/c1-20-4-12-25(13-5-20)37(33(41)35-24-10-14-26(15-11-24)38(42)43)31(39)19-28-21(2)36(30-17-16-27(44-3)18-29(28)30)32(40)22-6-8-23(34)9-7-22/h4-18H,19H2,1-3H3,(H,35,41). The van der Waals surface area contributed by atoms with E-state index in [-0.39, 0.29) is 23.7 Å². The first-order valence-electron chi connectivity index (χ1n) is 13.5. The van der Waals surface area contributed by atoms with Crippen LogP contribution < -0.4 is 15.0 Å². The first kappa shape index (κ1) is 30.0. The van der Waals surface area contributed by atoms with Gasteiger partial charge in [-0.1, -0.05) is 29.3 Å². The lowest BCUT2D eigenvalue weighted by Crippen LogP contribution is -2.41. The van der Waals surface area contributed by atoms with E-state index in [1.807, 2.05) is 6.92 Å². The number of urea groups is 1. The summed E-state index contributed by atoms with van der Waals surface area (Å²) in [7, 11) is 1.52. The number of imide groups is 1. The van der Waals surface area contributed by atoms with Crippen LogP contribution >= 0.6 is 11.6 Å². The quantitative estimate of drug-likeness (QED) is 0.152. The summed E-state index contributed by atoms with van der Waals surface area (Å²) in [6, 6.07) is 23.2. The van der Waals surface area contributed by atoms with Crippen LogP contribution in [0.15, 0.2) is 91.0 Å². The Bertz CT molecular complexity index is 1900. The Morgan fingerprint density at radius 3 is 2.20 bits per heavy atom. The summed E-state index contributed by atoms with van der Waals surface area (Å²) in [5.74, 6) is -0.329. The van der Waals surface area contributed by atoms with Gasteiger partial charge in [0.2, 0.25) is 5.91 Å². The number of nitrogens with one attached hydrogen (secondary N) is 1. The summed E-state index contributed by atoms with van der Waals surface area (Å²) in [6.07, 6.45) is -0.224. The van der Waals surface area contributed by atoms with Gasteiger partial charge in [0.05, 0.1) is 29.7 Å². The molecule has 3 amide bonds. The predicted octanol–water partition coefficient (Wildman–Crippen LogP) is 7.32. The van der Waals surface area contributed by atoms with Gasteiger partial charge in [0, 0.05) is 39.5 Å². The minimum atomic E-state index is -0.746. The van der Waals surface area contributed by atoms with Crippen molar-refractivity contribution in [3.63, 3.8) is 0 Å². The van der Waals surface area contributed by atoms with E-state index in [2.05, 4.69) is 5.32 Å². The SMILES string of the molecule is COc1ccc2c(c1)c(CC(=O)N(C(=O)Nc1ccc([N+](=O)[O-])cc1)c1ccc(C)cc1)c(C)n2C(=O)c1ccc(Cl)cc1. The van der Waals surface area contributed by atoms with E-state index in [0.29, 0.717) is 44.2 Å². The van der Waals surface area contributed by atoms with Gasteiger partial charge in [0.25, 0.3) is 11.6 Å². The lowest BCUT2D eigenvalue weighted by Gasteiger charge is -2.22. The fourth-order valence-corrected chi connectivity index (χ4v) is 5.07. The number of halogens is 1. The number of nitro groups is 1. The number of anilines is 2. The van der Waals surface area contributed by atoms with E-state index >= 15 is 0 Å². The average Bonchev–Trinajstić information content (AvgIpc) is 3.28. The fraction of sp³-hybridized carbons (Fsp3) is 0.121. The third-order valence-electron chi connectivity index (χ3n) is 7.24. The van der Waals surface area contributed by atoms with E-state index in [1.54, 1.807) is 73.7 Å². The van der Waals surface area contributed by atoms with Crippen LogP contribution in [0.1, 0.15) is 27.2 Å². The number of aryl methyl sites for hydroxylation is 1. The Kier molecular flexibility index (Phi) is 8.45. The topological polar surface area (TPSA) is 124 Å². The molecular weight excluding hydrogens is 584 g/mol. The first-order chi connectivity index (χ1) is 21.1. The lowest BCUT2D eigenvalue weighted by molar-refractivity contribution is -0.384. The van der Waals surface area contributed by atoms with Crippen LogP contribution in [0.4, 0.5) is 21.9 Å². The van der Waals surface area contributed by atoms with Crippen molar-refractivity contribution in [2.75, 3.05) is 17.3 Å². The number of benzene rings is 4. The maximum absolute atomic E-state index is 14.0. The van der Waals surface area contributed by atoms with Crippen molar-refractivity contribution >= 4 is 57.4 Å². The van der Waals surface area contributed by atoms with Gasteiger partial charge < -0.3 is 10.1 Å². The number of carbonyl (C=O) groups is 3. The zero-order valence-corrected chi connectivity index (χ0v) is 24.8. The lowest BCUT2D eigenvalue weighted by atomic mass is 10.1. The van der Waals surface area contributed by atoms with Crippen molar-refractivity contribution in [3.8, 4) is 5.75 Å². The van der Waals surface area contributed by atoms with Crippen LogP contribution in [0, 0.1) is 24.0 Å². The minimum absolute atomic E-state index is 0.134. The highest BCUT2D eigenvalue weighted by atomic mass is 35.5. The summed E-state index contributed by atoms with van der Waals surface area (Å²) in [5, 5.41) is 14.8. The van der Waals surface area contributed by atoms with E-state index in [9.17, 15) is 24.5 Å². The van der Waals surface area contributed by atoms with Crippen LogP contribution in [0.2, 0.25) is 5.02 Å². The van der Waals surface area contributed by atoms with Crippen LogP contribution in [-0.2, 0) is 11.2 Å². The van der Waals surface area contributed by atoms with Crippen LogP contribution in [0.25, 0.3) is 10.9 Å². The zero-order valence-electron chi connectivity index (χ0n) is 24.0. The minimum Gasteiger partial charge on any atom is -0.497 e. The number of nitro benzene ring substituents is 1. The van der Waals surface area contributed by atoms with E-state index in [4.69, 9.17) is 16.3 Å². The molecule has 0 spiro atoms. The van der Waals surface area contributed by atoms with E-state index in [1.165, 1.54) is 35.9 Å². The molecule has 0 radical (unpaired) electrons. The van der Waals surface area contributed by atoms with Crippen molar-refractivity contribution in [3.05, 3.63) is 129 Å². The van der Waals surface area contributed by atoms with Gasteiger partial charge in [-0.05, 0) is 86.1 Å². The number of non-ortho nitro benzene ring substituents is 1. The number of aromatic nitrogens is 1. The van der Waals surface area contributed by atoms with Crippen molar-refractivity contribution in [2.24, 2.45) is 0 Å². The average molecular weight is 611 g/mol. The summed E-state index contributed by atoms with van der Waals surface area (Å²) in [5.41, 5.74) is 3.46. The fourth-order valence-electron chi connectivity index (χ4n) is 4.94. The van der Waals surface area contributed by atoms with Crippen LogP contribution in [0.3, 0.4) is 0 Å². The third-order valence-corrected chi connectivity index (χ3v) is 7.49. The van der Waals surface area contributed by atoms with Crippen LogP contribution in [0.5, 0.6) is 5.75 Å². The summed E-state index contributed by atoms with van der Waals surface area (Å²) in [4.78, 5) is 52.9. The first-order valence-corrected chi connectivity index (χ1v) is 13.9. The molecule has 5 aromatic rings. The zero-order chi connectivity index (χ0) is 31.5. The molecule has 0 atom stereocenters. The van der Waals surface area contributed by atoms with Gasteiger partial charge in [0.1, 0.15) is 5.75 Å². The molecule has 1 heterocycles. The second kappa shape index (κ2) is 12.4. The monoisotopic (exact) mass is 610 g/mol. The van der Waals surface area contributed by atoms with Crippen molar-refractivity contribution < 1.29 is 24.0 Å². The normalized spacial score (nSPS) is 10.8. The highest BCUT2D eigenvalue weighted by molar-refractivity contribution is 6.30. The Morgan fingerprint density at radius 1 is 0.932 bits per heavy atom. The van der Waals surface area contributed by atoms with Crippen molar-refractivity contribution in [1.29, 1.82) is 0 Å². The Morgan fingerprint density at radius 2 is 1.59 bits per heavy atom. The molecule has 10 nitrogen and oxygen atoms in total. The number of ether oxygens (including phenoxy) is 1. The highest BCUT2D eigenvalue weighted by Gasteiger charge is 2.28. The number of methoxy groups -OCH3 is 1. The molecule has 222 valence electrons. The van der Waals surface area contributed by atoms with Crippen molar-refractivity contribution in [2.45, 2.75) is 20.3 Å². The van der Waals surface area contributed by atoms with E-state index in [0.717, 1.165) is 10.5 Å². The highest BCUT2D eigenvalue weighted by Crippen LogP contribution is 2.32. The number of hydrogen-bond donors (Lipinski definition) is 1. The Labute approximate surface area is 257 Å². The molecule has 0 saturated carbocycles. The summed E-state index contributed by atoms with van der Waals surface area (Å²) < 4.78 is 6.97. The molecule has 0 saturated heterocycles. The van der Waals surface area contributed by atoms with Gasteiger partial charge in [-0.15, -0.1) is 0 Å². The molecule has 0 fully saturated rings. The number of fused-ring (bicyclic) bond motifs is 1. The molecule has 0 aliphatic carbocycles. The third kappa shape index (κ3) is 6.02. The number of carbonyl (C=O) groups excluding carboxylic acids is 3. The summed E-state index contributed by atoms with van der Waals surface area (Å²) in [6.45, 7) is 3.63. The summed E-state index contributed by atoms with van der Waals surface area (Å²) >= 11 is 6.03. The molecule has 0 bridgehead atoms. The molecule has 0 aliphatic heterocycles. The molecular formula is C33H27ClN4O6. The van der Waals surface area contributed by atoms with Gasteiger partial charge in [-0.3, -0.25) is 24.3 Å². The number of nitrogens with zero attached hydrogens (tertiary/aromatic N) is 3. The number of amides is 3. The molecule has 0 unspecified atom stereocenters. The Balaban J connectivity index is 1.55. The number of rotatable bonds is 7. The molecule has 44 heavy (non-hydrogen) atoms. The van der Waals surface area contributed by atoms with Gasteiger partial charge in [-0.25, -0.2) is 9.69 Å².